The summed E-state index contributed by atoms with van der Waals surface area (Å²) in [5.41, 5.74) is -0.904. The average Bonchev–Trinajstić information content (AvgIpc) is 2.10. The number of carbonyl (C=O) groups is 1. The number of aliphatic hydroxyl groups excluding tert-OH is 1. The van der Waals surface area contributed by atoms with Crippen molar-refractivity contribution < 1.29 is 28.2 Å². The van der Waals surface area contributed by atoms with E-state index in [2.05, 4.69) is 0 Å². The number of halogens is 3. The number of rotatable bonds is 2. The predicted octanol–water partition coefficient (Wildman–Crippen LogP) is 0.597. The summed E-state index contributed by atoms with van der Waals surface area (Å²) < 4.78 is 37.7. The zero-order chi connectivity index (χ0) is 10.9. The second-order valence-electron chi connectivity index (χ2n) is 2.48. The molecule has 0 aliphatic heterocycles. The van der Waals surface area contributed by atoms with Crippen LogP contribution in [0.2, 0.25) is 0 Å². The van der Waals surface area contributed by atoms with Gasteiger partial charge in [-0.2, -0.15) is 0 Å². The van der Waals surface area contributed by atoms with Gasteiger partial charge in [0.25, 0.3) is 0 Å². The number of hydrogen-bond acceptors (Lipinski definition) is 3. The molecule has 0 heterocycles. The summed E-state index contributed by atoms with van der Waals surface area (Å²) in [6.45, 7) is 0. The van der Waals surface area contributed by atoms with Gasteiger partial charge in [0.1, 0.15) is 5.82 Å². The van der Waals surface area contributed by atoms with Crippen molar-refractivity contribution in [1.82, 2.24) is 0 Å². The summed E-state index contributed by atoms with van der Waals surface area (Å²) in [5, 5.41) is 16.8. The molecule has 1 rings (SSSR count). The van der Waals surface area contributed by atoms with Crippen molar-refractivity contribution in [3.05, 3.63) is 35.1 Å². The third-order valence-electron chi connectivity index (χ3n) is 1.51. The molecule has 0 atom stereocenters. The number of Topliss-reactive ketones (excluding diaryl/α,β-unsaturated/α-hetero) is 1. The molecule has 0 aromatic heterocycles. The first-order valence-electron chi connectivity index (χ1n) is 3.48. The van der Waals surface area contributed by atoms with Crippen LogP contribution in [0.25, 0.3) is 0 Å². The van der Waals surface area contributed by atoms with Gasteiger partial charge in [0.05, 0.1) is 5.56 Å². The van der Waals surface area contributed by atoms with E-state index >= 15 is 0 Å². The van der Waals surface area contributed by atoms with Crippen LogP contribution in [0.3, 0.4) is 0 Å². The molecule has 3 nitrogen and oxygen atoms in total. The maximum atomic E-state index is 12.8. The van der Waals surface area contributed by atoms with E-state index in [-0.39, 0.29) is 12.1 Å². The summed E-state index contributed by atoms with van der Waals surface area (Å²) in [6.07, 6.45) is -2.45. The Bertz CT molecular complexity index is 376. The lowest BCUT2D eigenvalue weighted by atomic mass is 10.1. The maximum absolute atomic E-state index is 12.8. The average molecular weight is 206 g/mol. The topological polar surface area (TPSA) is 57.5 Å². The van der Waals surface area contributed by atoms with Gasteiger partial charge in [0, 0.05) is 6.07 Å². The molecule has 76 valence electrons. The fourth-order valence-electron chi connectivity index (χ4n) is 0.850. The van der Waals surface area contributed by atoms with Gasteiger partial charge in [0.2, 0.25) is 12.1 Å². The smallest absolute Gasteiger partial charge is 0.221 e. The first kappa shape index (κ1) is 10.7. The van der Waals surface area contributed by atoms with E-state index in [4.69, 9.17) is 10.2 Å². The SMILES string of the molecule is O=C(c1cc(F)c(F)cc1F)C(O)O. The standard InChI is InChI=1S/C8H5F3O3/c9-4-2-6(11)5(10)1-3(4)7(12)8(13)14/h1-2,8,13-14H. The van der Waals surface area contributed by atoms with E-state index < -0.39 is 35.1 Å². The van der Waals surface area contributed by atoms with E-state index in [0.717, 1.165) is 0 Å². The molecule has 0 saturated heterocycles. The van der Waals surface area contributed by atoms with Crippen LogP contribution >= 0.6 is 0 Å². The van der Waals surface area contributed by atoms with Crippen molar-refractivity contribution >= 4 is 5.78 Å². The highest BCUT2D eigenvalue weighted by Crippen LogP contribution is 2.14. The Morgan fingerprint density at radius 3 is 2.07 bits per heavy atom. The van der Waals surface area contributed by atoms with Gasteiger partial charge in [-0.15, -0.1) is 0 Å². The maximum Gasteiger partial charge on any atom is 0.221 e. The molecule has 0 spiro atoms. The Kier molecular flexibility index (Phi) is 2.87. The number of hydrogen-bond donors (Lipinski definition) is 2. The minimum absolute atomic E-state index is 0.158. The Morgan fingerprint density at radius 1 is 1.07 bits per heavy atom. The monoisotopic (exact) mass is 206 g/mol. The van der Waals surface area contributed by atoms with Crippen LogP contribution in [0.4, 0.5) is 13.2 Å². The summed E-state index contributed by atoms with van der Waals surface area (Å²) in [4.78, 5) is 10.8. The molecule has 14 heavy (non-hydrogen) atoms. The molecule has 0 bridgehead atoms. The summed E-state index contributed by atoms with van der Waals surface area (Å²) in [7, 11) is 0. The molecule has 0 saturated carbocycles. The first-order chi connectivity index (χ1) is 6.43. The molecule has 0 unspecified atom stereocenters. The van der Waals surface area contributed by atoms with Crippen LogP contribution < -0.4 is 0 Å². The second kappa shape index (κ2) is 3.77. The minimum atomic E-state index is -2.45. The normalized spacial score (nSPS) is 10.7. The number of ketones is 1. The van der Waals surface area contributed by atoms with Gasteiger partial charge in [-0.3, -0.25) is 4.79 Å². The van der Waals surface area contributed by atoms with Crippen molar-refractivity contribution in [3.63, 3.8) is 0 Å². The highest BCUT2D eigenvalue weighted by atomic mass is 19.2. The molecular weight excluding hydrogens is 201 g/mol. The molecule has 0 fully saturated rings. The van der Waals surface area contributed by atoms with Crippen LogP contribution in [0.5, 0.6) is 0 Å². The largest absolute Gasteiger partial charge is 0.362 e. The van der Waals surface area contributed by atoms with Crippen LogP contribution in [0, 0.1) is 17.5 Å². The van der Waals surface area contributed by atoms with E-state index in [1.165, 1.54) is 0 Å². The van der Waals surface area contributed by atoms with Crippen LogP contribution in [-0.4, -0.2) is 22.3 Å². The van der Waals surface area contributed by atoms with Gasteiger partial charge in [-0.05, 0) is 6.07 Å². The van der Waals surface area contributed by atoms with Crippen molar-refractivity contribution in [2.45, 2.75) is 6.29 Å². The number of aliphatic hydroxyl groups is 2. The molecule has 2 N–H and O–H groups in total. The Morgan fingerprint density at radius 2 is 1.57 bits per heavy atom. The van der Waals surface area contributed by atoms with E-state index in [1.807, 2.05) is 0 Å². The third-order valence-corrected chi connectivity index (χ3v) is 1.51. The quantitative estimate of drug-likeness (QED) is 0.423. The number of benzene rings is 1. The van der Waals surface area contributed by atoms with Crippen molar-refractivity contribution in [2.24, 2.45) is 0 Å². The van der Waals surface area contributed by atoms with E-state index in [9.17, 15) is 18.0 Å². The lowest BCUT2D eigenvalue weighted by Gasteiger charge is -2.04. The molecule has 1 aromatic carbocycles. The van der Waals surface area contributed by atoms with Crippen LogP contribution in [0.15, 0.2) is 12.1 Å². The fourth-order valence-corrected chi connectivity index (χ4v) is 0.850. The number of carbonyl (C=O) groups excluding carboxylic acids is 1. The van der Waals surface area contributed by atoms with Crippen molar-refractivity contribution in [1.29, 1.82) is 0 Å². The van der Waals surface area contributed by atoms with Gasteiger partial charge >= 0.3 is 0 Å². The van der Waals surface area contributed by atoms with Gasteiger partial charge in [0.15, 0.2) is 11.6 Å². The second-order valence-corrected chi connectivity index (χ2v) is 2.48. The highest BCUT2D eigenvalue weighted by molar-refractivity contribution is 5.98. The molecule has 0 aliphatic carbocycles. The molecule has 0 amide bonds. The van der Waals surface area contributed by atoms with Gasteiger partial charge in [-0.1, -0.05) is 0 Å². The van der Waals surface area contributed by atoms with Gasteiger partial charge in [-0.25, -0.2) is 13.2 Å². The van der Waals surface area contributed by atoms with Crippen molar-refractivity contribution in [2.75, 3.05) is 0 Å². The molecule has 1 aromatic rings. The summed E-state index contributed by atoms with van der Waals surface area (Å²) in [6, 6.07) is 0.428. The lowest BCUT2D eigenvalue weighted by Crippen LogP contribution is -2.21. The Labute approximate surface area is 76.4 Å². The highest BCUT2D eigenvalue weighted by Gasteiger charge is 2.20. The fraction of sp³-hybridized carbons (Fsp3) is 0.125. The summed E-state index contributed by atoms with van der Waals surface area (Å²) in [5.74, 6) is -5.66. The van der Waals surface area contributed by atoms with Crippen molar-refractivity contribution in [3.8, 4) is 0 Å². The minimum Gasteiger partial charge on any atom is -0.362 e. The Balaban J connectivity index is 3.22. The third kappa shape index (κ3) is 1.91. The Hall–Kier alpha value is -1.40. The van der Waals surface area contributed by atoms with Crippen LogP contribution in [0.1, 0.15) is 10.4 Å². The van der Waals surface area contributed by atoms with E-state index in [0.29, 0.717) is 0 Å². The zero-order valence-electron chi connectivity index (χ0n) is 6.67. The van der Waals surface area contributed by atoms with Crippen LogP contribution in [-0.2, 0) is 0 Å². The van der Waals surface area contributed by atoms with Gasteiger partial charge < -0.3 is 10.2 Å². The predicted molar refractivity (Wildman–Crippen MR) is 38.9 cm³/mol. The summed E-state index contributed by atoms with van der Waals surface area (Å²) >= 11 is 0. The lowest BCUT2D eigenvalue weighted by molar-refractivity contribution is -0.0198. The molecular formula is C8H5F3O3. The van der Waals surface area contributed by atoms with E-state index in [1.54, 1.807) is 0 Å². The molecule has 6 heteroatoms. The first-order valence-corrected chi connectivity index (χ1v) is 3.48. The molecule has 0 aliphatic rings. The molecule has 0 radical (unpaired) electrons. The zero-order valence-corrected chi connectivity index (χ0v) is 6.67.